The summed E-state index contributed by atoms with van der Waals surface area (Å²) in [4.78, 5) is 10.0. The molecule has 0 rings (SSSR count). The summed E-state index contributed by atoms with van der Waals surface area (Å²) in [7, 11) is 0. The summed E-state index contributed by atoms with van der Waals surface area (Å²) >= 11 is 0. The molecular formula is C6H14ClNO2. The smallest absolute Gasteiger partial charge is 0.304 e. The van der Waals surface area contributed by atoms with Crippen LogP contribution >= 0.6 is 12.4 Å². The van der Waals surface area contributed by atoms with Crippen molar-refractivity contribution in [3.8, 4) is 0 Å². The monoisotopic (exact) mass is 167 g/mol. The highest BCUT2D eigenvalue weighted by molar-refractivity contribution is 5.85. The number of halogens is 1. The zero-order chi connectivity index (χ0) is 7.28. The lowest BCUT2D eigenvalue weighted by Gasteiger charge is -2.07. The molecule has 0 heterocycles. The van der Waals surface area contributed by atoms with Gasteiger partial charge in [0.05, 0.1) is 6.42 Å². The molecule has 62 valence electrons. The minimum Gasteiger partial charge on any atom is -0.481 e. The van der Waals surface area contributed by atoms with Crippen molar-refractivity contribution in [2.24, 2.45) is 0 Å². The van der Waals surface area contributed by atoms with Crippen LogP contribution in [0.3, 0.4) is 0 Å². The van der Waals surface area contributed by atoms with Crippen molar-refractivity contribution in [1.29, 1.82) is 0 Å². The first kappa shape index (κ1) is 12.4. The van der Waals surface area contributed by atoms with E-state index in [-0.39, 0.29) is 24.9 Å². The molecule has 0 saturated heterocycles. The van der Waals surface area contributed by atoms with Gasteiger partial charge in [-0.3, -0.25) is 4.79 Å². The third kappa shape index (κ3) is 7.72. The zero-order valence-electron chi connectivity index (χ0n) is 6.26. The van der Waals surface area contributed by atoms with E-state index in [0.29, 0.717) is 0 Å². The Morgan fingerprint density at radius 1 is 1.70 bits per heavy atom. The van der Waals surface area contributed by atoms with Gasteiger partial charge < -0.3 is 10.4 Å². The van der Waals surface area contributed by atoms with E-state index in [0.717, 1.165) is 6.54 Å². The third-order valence-corrected chi connectivity index (χ3v) is 1.03. The lowest BCUT2D eigenvalue weighted by atomic mass is 10.2. The largest absolute Gasteiger partial charge is 0.481 e. The van der Waals surface area contributed by atoms with E-state index >= 15 is 0 Å². The van der Waals surface area contributed by atoms with Gasteiger partial charge in [-0.1, -0.05) is 6.92 Å². The number of hydrogen-bond acceptors (Lipinski definition) is 2. The second-order valence-corrected chi connectivity index (χ2v) is 2.06. The normalized spacial score (nSPS) is 11.8. The molecular weight excluding hydrogens is 154 g/mol. The Morgan fingerprint density at radius 2 is 2.20 bits per heavy atom. The molecule has 10 heavy (non-hydrogen) atoms. The molecule has 0 aromatic carbocycles. The van der Waals surface area contributed by atoms with Crippen molar-refractivity contribution in [3.63, 3.8) is 0 Å². The number of aliphatic carboxylic acids is 1. The molecule has 0 aliphatic carbocycles. The van der Waals surface area contributed by atoms with Crippen LogP contribution in [0.4, 0.5) is 0 Å². The second kappa shape index (κ2) is 6.83. The van der Waals surface area contributed by atoms with Crippen LogP contribution in [-0.4, -0.2) is 23.7 Å². The first-order valence-corrected chi connectivity index (χ1v) is 3.12. The minimum atomic E-state index is -0.747. The van der Waals surface area contributed by atoms with Gasteiger partial charge in [0.25, 0.3) is 0 Å². The second-order valence-electron chi connectivity index (χ2n) is 2.06. The van der Waals surface area contributed by atoms with Gasteiger partial charge in [-0.2, -0.15) is 0 Å². The van der Waals surface area contributed by atoms with Gasteiger partial charge in [-0.25, -0.2) is 0 Å². The fourth-order valence-electron chi connectivity index (χ4n) is 0.683. The Labute approximate surface area is 67.2 Å². The molecule has 0 aliphatic heterocycles. The van der Waals surface area contributed by atoms with Crippen LogP contribution < -0.4 is 5.32 Å². The van der Waals surface area contributed by atoms with Crippen molar-refractivity contribution in [2.45, 2.75) is 26.3 Å². The molecule has 3 nitrogen and oxygen atoms in total. The van der Waals surface area contributed by atoms with Gasteiger partial charge >= 0.3 is 5.97 Å². The Morgan fingerprint density at radius 3 is 2.50 bits per heavy atom. The summed E-state index contributed by atoms with van der Waals surface area (Å²) < 4.78 is 0. The number of carbonyl (C=O) groups is 1. The average Bonchev–Trinajstić information content (AvgIpc) is 1.63. The van der Waals surface area contributed by atoms with E-state index in [1.807, 2.05) is 13.8 Å². The van der Waals surface area contributed by atoms with E-state index in [2.05, 4.69) is 5.32 Å². The van der Waals surface area contributed by atoms with Crippen molar-refractivity contribution in [2.75, 3.05) is 6.54 Å². The maximum absolute atomic E-state index is 10.0. The molecule has 0 radical (unpaired) electrons. The Balaban J connectivity index is 0. The lowest BCUT2D eigenvalue weighted by molar-refractivity contribution is -0.137. The predicted molar refractivity (Wildman–Crippen MR) is 42.6 cm³/mol. The summed E-state index contributed by atoms with van der Waals surface area (Å²) in [6.07, 6.45) is 0.202. The van der Waals surface area contributed by atoms with Gasteiger partial charge in [-0.05, 0) is 13.5 Å². The first-order chi connectivity index (χ1) is 4.16. The summed E-state index contributed by atoms with van der Waals surface area (Å²) in [5.41, 5.74) is 0. The minimum absolute atomic E-state index is 0. The third-order valence-electron chi connectivity index (χ3n) is 1.03. The van der Waals surface area contributed by atoms with Crippen LogP contribution in [0, 0.1) is 0 Å². The Hall–Kier alpha value is -0.280. The Kier molecular flexibility index (Phi) is 8.48. The summed E-state index contributed by atoms with van der Waals surface area (Å²) in [5.74, 6) is -0.747. The quantitative estimate of drug-likeness (QED) is 0.654. The standard InChI is InChI=1S/C6H13NO2.ClH/c1-3-7-5(2)4-6(8)9;/h5,7H,3-4H2,1-2H3,(H,8,9);1H. The highest BCUT2D eigenvalue weighted by Crippen LogP contribution is 1.87. The molecule has 1 unspecified atom stereocenters. The van der Waals surface area contributed by atoms with Crippen LogP contribution in [-0.2, 0) is 4.79 Å². The van der Waals surface area contributed by atoms with Crippen molar-refractivity contribution >= 4 is 18.4 Å². The molecule has 0 saturated carbocycles. The molecule has 1 atom stereocenters. The summed E-state index contributed by atoms with van der Waals surface area (Å²) in [6.45, 7) is 4.64. The summed E-state index contributed by atoms with van der Waals surface area (Å²) in [6, 6.07) is 0.0903. The van der Waals surface area contributed by atoms with Gasteiger partial charge in [0.2, 0.25) is 0 Å². The molecule has 0 amide bonds. The molecule has 0 fully saturated rings. The maximum Gasteiger partial charge on any atom is 0.304 e. The first-order valence-electron chi connectivity index (χ1n) is 3.12. The van der Waals surface area contributed by atoms with E-state index in [1.165, 1.54) is 0 Å². The lowest BCUT2D eigenvalue weighted by Crippen LogP contribution is -2.27. The van der Waals surface area contributed by atoms with Crippen molar-refractivity contribution < 1.29 is 9.90 Å². The number of nitrogens with one attached hydrogen (secondary N) is 1. The Bertz CT molecular complexity index is 97.7. The highest BCUT2D eigenvalue weighted by Gasteiger charge is 2.03. The number of carboxylic acids is 1. The van der Waals surface area contributed by atoms with E-state index in [1.54, 1.807) is 0 Å². The predicted octanol–water partition coefficient (Wildman–Crippen LogP) is 0.881. The molecule has 0 aliphatic rings. The SMILES string of the molecule is CCNC(C)CC(=O)O.Cl. The molecule has 0 aromatic rings. The molecule has 0 bridgehead atoms. The fourth-order valence-corrected chi connectivity index (χ4v) is 0.683. The van der Waals surface area contributed by atoms with Crippen LogP contribution in [0.25, 0.3) is 0 Å². The van der Waals surface area contributed by atoms with Gasteiger partial charge in [0.1, 0.15) is 0 Å². The van der Waals surface area contributed by atoms with Crippen molar-refractivity contribution in [3.05, 3.63) is 0 Å². The topological polar surface area (TPSA) is 49.3 Å². The molecule has 0 spiro atoms. The highest BCUT2D eigenvalue weighted by atomic mass is 35.5. The van der Waals surface area contributed by atoms with Gasteiger partial charge in [0, 0.05) is 6.04 Å². The van der Waals surface area contributed by atoms with Crippen LogP contribution in [0.2, 0.25) is 0 Å². The summed E-state index contributed by atoms with van der Waals surface area (Å²) in [5, 5.41) is 11.3. The van der Waals surface area contributed by atoms with Gasteiger partial charge in [0.15, 0.2) is 0 Å². The van der Waals surface area contributed by atoms with E-state index in [9.17, 15) is 4.79 Å². The maximum atomic E-state index is 10.0. The van der Waals surface area contributed by atoms with Crippen LogP contribution in [0.15, 0.2) is 0 Å². The molecule has 4 heteroatoms. The number of hydrogen-bond donors (Lipinski definition) is 2. The molecule has 2 N–H and O–H groups in total. The number of carboxylic acid groups (broad SMARTS) is 1. The molecule has 0 aromatic heterocycles. The van der Waals surface area contributed by atoms with Crippen molar-refractivity contribution in [1.82, 2.24) is 5.32 Å². The number of rotatable bonds is 4. The van der Waals surface area contributed by atoms with E-state index < -0.39 is 5.97 Å². The van der Waals surface area contributed by atoms with Crippen LogP contribution in [0.1, 0.15) is 20.3 Å². The van der Waals surface area contributed by atoms with Crippen LogP contribution in [0.5, 0.6) is 0 Å². The van der Waals surface area contributed by atoms with Gasteiger partial charge in [-0.15, -0.1) is 12.4 Å². The average molecular weight is 168 g/mol. The van der Waals surface area contributed by atoms with E-state index in [4.69, 9.17) is 5.11 Å². The zero-order valence-corrected chi connectivity index (χ0v) is 7.07. The fraction of sp³-hybridized carbons (Fsp3) is 0.833.